The smallest absolute Gasteiger partial charge is 0.106 e. The van der Waals surface area contributed by atoms with Crippen LogP contribution in [-0.2, 0) is 0 Å². The van der Waals surface area contributed by atoms with Crippen molar-refractivity contribution in [2.75, 3.05) is 23.7 Å². The first-order valence-electron chi connectivity index (χ1n) is 5.54. The quantitative estimate of drug-likeness (QED) is 0.844. The van der Waals surface area contributed by atoms with E-state index < -0.39 is 0 Å². The summed E-state index contributed by atoms with van der Waals surface area (Å²) in [7, 11) is 0. The molecule has 1 aromatic carbocycles. The van der Waals surface area contributed by atoms with Crippen LogP contribution >= 0.6 is 39.9 Å². The molecule has 1 fully saturated rings. The lowest BCUT2D eigenvalue weighted by Crippen LogP contribution is -2.37. The number of hydrogen-bond donors (Lipinski definition) is 1. The summed E-state index contributed by atoms with van der Waals surface area (Å²) in [5, 5.41) is 0.659. The Morgan fingerprint density at radius 3 is 3.00 bits per heavy atom. The topological polar surface area (TPSA) is 29.3 Å². The molecule has 0 amide bonds. The average molecular weight is 331 g/mol. The highest BCUT2D eigenvalue weighted by atomic mass is 79.9. The predicted molar refractivity (Wildman–Crippen MR) is 84.2 cm³/mol. The fourth-order valence-corrected chi connectivity index (χ4v) is 3.56. The second-order valence-electron chi connectivity index (χ2n) is 4.15. The fraction of sp³-hybridized carbons (Fsp3) is 0.417. The van der Waals surface area contributed by atoms with E-state index in [0.29, 0.717) is 10.2 Å². The summed E-state index contributed by atoms with van der Waals surface area (Å²) < 4.78 is 1.02. The zero-order valence-electron chi connectivity index (χ0n) is 9.65. The third kappa shape index (κ3) is 3.14. The SMILES string of the molecule is CC1CN(c2ccc(Br)cc2C(N)=S)CCS1. The molecule has 1 atom stereocenters. The molecule has 0 aliphatic carbocycles. The lowest BCUT2D eigenvalue weighted by atomic mass is 10.1. The summed E-state index contributed by atoms with van der Waals surface area (Å²) >= 11 is 10.6. The van der Waals surface area contributed by atoms with Gasteiger partial charge in [0.1, 0.15) is 4.99 Å². The van der Waals surface area contributed by atoms with Crippen LogP contribution in [0.4, 0.5) is 5.69 Å². The molecule has 1 heterocycles. The van der Waals surface area contributed by atoms with Crippen molar-refractivity contribution in [2.24, 2.45) is 5.73 Å². The van der Waals surface area contributed by atoms with Crippen LogP contribution < -0.4 is 10.6 Å². The molecule has 1 unspecified atom stereocenters. The number of anilines is 1. The van der Waals surface area contributed by atoms with E-state index in [0.717, 1.165) is 34.6 Å². The second-order valence-corrected chi connectivity index (χ2v) is 7.05. The Morgan fingerprint density at radius 2 is 2.35 bits per heavy atom. The minimum atomic E-state index is 0.465. The summed E-state index contributed by atoms with van der Waals surface area (Å²) in [6, 6.07) is 6.15. The van der Waals surface area contributed by atoms with E-state index in [4.69, 9.17) is 18.0 Å². The van der Waals surface area contributed by atoms with Gasteiger partial charge in [-0.1, -0.05) is 35.1 Å². The van der Waals surface area contributed by atoms with Crippen LogP contribution in [0.3, 0.4) is 0 Å². The van der Waals surface area contributed by atoms with Crippen LogP contribution in [0.1, 0.15) is 12.5 Å². The van der Waals surface area contributed by atoms with E-state index in [1.54, 1.807) is 0 Å². The molecule has 92 valence electrons. The van der Waals surface area contributed by atoms with Crippen molar-refractivity contribution in [2.45, 2.75) is 12.2 Å². The van der Waals surface area contributed by atoms with E-state index in [-0.39, 0.29) is 0 Å². The highest BCUT2D eigenvalue weighted by Gasteiger charge is 2.20. The van der Waals surface area contributed by atoms with Gasteiger partial charge < -0.3 is 10.6 Å². The van der Waals surface area contributed by atoms with Gasteiger partial charge in [-0.3, -0.25) is 0 Å². The van der Waals surface area contributed by atoms with Gasteiger partial charge in [0.2, 0.25) is 0 Å². The molecule has 2 N–H and O–H groups in total. The normalized spacial score (nSPS) is 20.4. The van der Waals surface area contributed by atoms with Crippen LogP contribution in [0.2, 0.25) is 0 Å². The number of nitrogens with two attached hydrogens (primary N) is 1. The summed E-state index contributed by atoms with van der Waals surface area (Å²) in [6.07, 6.45) is 0. The summed E-state index contributed by atoms with van der Waals surface area (Å²) in [6.45, 7) is 4.38. The van der Waals surface area contributed by atoms with E-state index >= 15 is 0 Å². The Kier molecular flexibility index (Phi) is 4.33. The van der Waals surface area contributed by atoms with Gasteiger partial charge in [-0.05, 0) is 18.2 Å². The van der Waals surface area contributed by atoms with Crippen LogP contribution in [-0.4, -0.2) is 29.1 Å². The van der Waals surface area contributed by atoms with Crippen LogP contribution in [0.5, 0.6) is 0 Å². The molecule has 5 heteroatoms. The Balaban J connectivity index is 2.33. The predicted octanol–water partition coefficient (Wildman–Crippen LogP) is 3.03. The number of nitrogens with zero attached hydrogens (tertiary/aromatic N) is 1. The van der Waals surface area contributed by atoms with E-state index in [1.807, 2.05) is 23.9 Å². The van der Waals surface area contributed by atoms with Crippen molar-refractivity contribution in [3.8, 4) is 0 Å². The third-order valence-electron chi connectivity index (χ3n) is 2.81. The molecule has 2 nitrogen and oxygen atoms in total. The average Bonchev–Trinajstić information content (AvgIpc) is 2.28. The molecule has 2 rings (SSSR count). The van der Waals surface area contributed by atoms with Gasteiger partial charge >= 0.3 is 0 Å². The molecule has 17 heavy (non-hydrogen) atoms. The number of thioether (sulfide) groups is 1. The molecular weight excluding hydrogens is 316 g/mol. The first kappa shape index (κ1) is 13.2. The Morgan fingerprint density at radius 1 is 1.59 bits per heavy atom. The second kappa shape index (κ2) is 5.59. The van der Waals surface area contributed by atoms with Gasteiger partial charge in [0.05, 0.1) is 0 Å². The number of halogens is 1. The standard InChI is InChI=1S/C12H15BrN2S2/c1-8-7-15(4-5-17-8)11-3-2-9(13)6-10(11)12(14)16/h2-3,6,8H,4-5,7H2,1H3,(H2,14,16). The lowest BCUT2D eigenvalue weighted by Gasteiger charge is -2.33. The lowest BCUT2D eigenvalue weighted by molar-refractivity contribution is 0.782. The molecule has 1 saturated heterocycles. The third-order valence-corrected chi connectivity index (χ3v) is 4.66. The van der Waals surface area contributed by atoms with Crippen molar-refractivity contribution in [1.82, 2.24) is 0 Å². The van der Waals surface area contributed by atoms with Crippen molar-refractivity contribution in [1.29, 1.82) is 0 Å². The molecule has 0 aromatic heterocycles. The van der Waals surface area contributed by atoms with Gasteiger partial charge in [0.15, 0.2) is 0 Å². The van der Waals surface area contributed by atoms with E-state index in [2.05, 4.69) is 33.8 Å². The van der Waals surface area contributed by atoms with E-state index in [1.165, 1.54) is 0 Å². The van der Waals surface area contributed by atoms with Gasteiger partial charge in [-0.25, -0.2) is 0 Å². The Hall–Kier alpha value is -0.260. The number of rotatable bonds is 2. The molecule has 0 bridgehead atoms. The van der Waals surface area contributed by atoms with Gasteiger partial charge in [0.25, 0.3) is 0 Å². The maximum atomic E-state index is 5.80. The van der Waals surface area contributed by atoms with E-state index in [9.17, 15) is 0 Å². The van der Waals surface area contributed by atoms with Gasteiger partial charge in [-0.15, -0.1) is 0 Å². The van der Waals surface area contributed by atoms with Gasteiger partial charge in [-0.2, -0.15) is 11.8 Å². The zero-order chi connectivity index (χ0) is 12.4. The molecule has 1 aromatic rings. The molecule has 0 radical (unpaired) electrons. The zero-order valence-corrected chi connectivity index (χ0v) is 12.9. The maximum Gasteiger partial charge on any atom is 0.106 e. The molecule has 1 aliphatic rings. The van der Waals surface area contributed by atoms with Crippen molar-refractivity contribution < 1.29 is 0 Å². The molecule has 0 spiro atoms. The molecular formula is C12H15BrN2S2. The summed E-state index contributed by atoms with van der Waals surface area (Å²) in [5.74, 6) is 1.16. The molecule has 1 aliphatic heterocycles. The van der Waals surface area contributed by atoms with Crippen molar-refractivity contribution >= 4 is 50.6 Å². The largest absolute Gasteiger partial charge is 0.389 e. The Bertz CT molecular complexity index is 437. The maximum absolute atomic E-state index is 5.80. The monoisotopic (exact) mass is 330 g/mol. The summed E-state index contributed by atoms with van der Waals surface area (Å²) in [5.41, 5.74) is 7.93. The fourth-order valence-electron chi connectivity index (χ4n) is 2.02. The summed E-state index contributed by atoms with van der Waals surface area (Å²) in [4.78, 5) is 2.84. The first-order chi connectivity index (χ1) is 8.08. The highest BCUT2D eigenvalue weighted by molar-refractivity contribution is 9.10. The minimum Gasteiger partial charge on any atom is -0.389 e. The van der Waals surface area contributed by atoms with Crippen molar-refractivity contribution in [3.63, 3.8) is 0 Å². The van der Waals surface area contributed by atoms with Crippen LogP contribution in [0, 0.1) is 0 Å². The molecule has 0 saturated carbocycles. The number of thiocarbonyl (C=S) groups is 1. The van der Waals surface area contributed by atoms with Crippen LogP contribution in [0.15, 0.2) is 22.7 Å². The highest BCUT2D eigenvalue weighted by Crippen LogP contribution is 2.28. The number of hydrogen-bond acceptors (Lipinski definition) is 3. The number of benzene rings is 1. The van der Waals surface area contributed by atoms with Crippen molar-refractivity contribution in [3.05, 3.63) is 28.2 Å². The Labute approximate surface area is 120 Å². The minimum absolute atomic E-state index is 0.465. The first-order valence-corrected chi connectivity index (χ1v) is 7.79. The van der Waals surface area contributed by atoms with Gasteiger partial charge in [0, 0.05) is 39.8 Å². The van der Waals surface area contributed by atoms with Crippen LogP contribution in [0.25, 0.3) is 0 Å².